The molecule has 0 aromatic heterocycles. The third kappa shape index (κ3) is 6.15. The summed E-state index contributed by atoms with van der Waals surface area (Å²) < 4.78 is 33.0. The van der Waals surface area contributed by atoms with Crippen LogP contribution in [0.2, 0.25) is 5.02 Å². The Bertz CT molecular complexity index is 810. The number of nitrogens with zero attached hydrogens (tertiary/aromatic N) is 2. The molecule has 2 aliphatic heterocycles. The molecule has 29 heavy (non-hydrogen) atoms. The molecule has 0 aliphatic carbocycles. The Morgan fingerprint density at radius 1 is 1.28 bits per heavy atom. The van der Waals surface area contributed by atoms with Crippen molar-refractivity contribution in [1.82, 2.24) is 14.5 Å². The summed E-state index contributed by atoms with van der Waals surface area (Å²) in [6.07, 6.45) is 2.52. The van der Waals surface area contributed by atoms with Gasteiger partial charge in [-0.3, -0.25) is 9.69 Å². The number of benzene rings is 1. The van der Waals surface area contributed by atoms with Crippen LogP contribution < -0.4 is 4.72 Å². The molecule has 0 saturated carbocycles. The first-order valence-corrected chi connectivity index (χ1v) is 12.0. The van der Waals surface area contributed by atoms with Crippen molar-refractivity contribution in [1.29, 1.82) is 0 Å². The van der Waals surface area contributed by atoms with Crippen molar-refractivity contribution < 1.29 is 17.9 Å². The molecule has 3 atom stereocenters. The summed E-state index contributed by atoms with van der Waals surface area (Å²) in [5.41, 5.74) is 0. The van der Waals surface area contributed by atoms with Crippen molar-refractivity contribution in [3.8, 4) is 0 Å². The zero-order chi connectivity index (χ0) is 21.0. The molecule has 0 radical (unpaired) electrons. The molecule has 0 bridgehead atoms. The molecule has 1 aromatic carbocycles. The van der Waals surface area contributed by atoms with Crippen LogP contribution in [0.15, 0.2) is 29.2 Å². The van der Waals surface area contributed by atoms with Crippen LogP contribution >= 0.6 is 11.6 Å². The van der Waals surface area contributed by atoms with Crippen molar-refractivity contribution >= 4 is 27.5 Å². The molecule has 2 heterocycles. The first kappa shape index (κ1) is 22.5. The van der Waals surface area contributed by atoms with Crippen LogP contribution in [0.4, 0.5) is 0 Å². The number of likely N-dealkylation sites (tertiary alicyclic amines) is 1. The molecule has 2 fully saturated rings. The lowest BCUT2D eigenvalue weighted by Crippen LogP contribution is -2.51. The second-order valence-electron chi connectivity index (χ2n) is 7.96. The fraction of sp³-hybridized carbons (Fsp3) is 0.650. The number of halogens is 1. The number of nitrogens with one attached hydrogen (secondary N) is 1. The number of hydrogen-bond acceptors (Lipinski definition) is 5. The van der Waals surface area contributed by atoms with Crippen molar-refractivity contribution in [2.75, 3.05) is 32.7 Å². The van der Waals surface area contributed by atoms with Gasteiger partial charge in [0.25, 0.3) is 0 Å². The highest BCUT2D eigenvalue weighted by atomic mass is 35.5. The van der Waals surface area contributed by atoms with Crippen molar-refractivity contribution in [2.45, 2.75) is 56.3 Å². The normalized spacial score (nSPS) is 26.0. The van der Waals surface area contributed by atoms with E-state index in [-0.39, 0.29) is 42.0 Å². The third-order valence-electron chi connectivity index (χ3n) is 5.40. The summed E-state index contributed by atoms with van der Waals surface area (Å²) in [6.45, 7) is 7.56. The molecule has 0 spiro atoms. The number of ether oxygens (including phenoxy) is 1. The van der Waals surface area contributed by atoms with E-state index in [4.69, 9.17) is 16.3 Å². The Kier molecular flexibility index (Phi) is 7.56. The molecular formula is C20H30ClN3O4S. The molecule has 7 nitrogen and oxygen atoms in total. The van der Waals surface area contributed by atoms with E-state index >= 15 is 0 Å². The van der Waals surface area contributed by atoms with E-state index in [0.717, 1.165) is 39.0 Å². The van der Waals surface area contributed by atoms with Crippen LogP contribution in [0.3, 0.4) is 0 Å². The highest BCUT2D eigenvalue weighted by Gasteiger charge is 2.32. The van der Waals surface area contributed by atoms with Gasteiger partial charge in [-0.25, -0.2) is 13.1 Å². The highest BCUT2D eigenvalue weighted by Crippen LogP contribution is 2.21. The summed E-state index contributed by atoms with van der Waals surface area (Å²) >= 11 is 5.87. The topological polar surface area (TPSA) is 79.0 Å². The van der Waals surface area contributed by atoms with Gasteiger partial charge in [-0.1, -0.05) is 17.7 Å². The fourth-order valence-corrected chi connectivity index (χ4v) is 5.57. The molecule has 3 unspecified atom stereocenters. The molecule has 1 amide bonds. The lowest BCUT2D eigenvalue weighted by atomic mass is 10.1. The molecule has 2 saturated heterocycles. The monoisotopic (exact) mass is 443 g/mol. The number of sulfonamides is 1. The van der Waals surface area contributed by atoms with Crippen LogP contribution in [0.25, 0.3) is 0 Å². The Morgan fingerprint density at radius 3 is 2.69 bits per heavy atom. The minimum atomic E-state index is -3.68. The van der Waals surface area contributed by atoms with Crippen molar-refractivity contribution in [3.63, 3.8) is 0 Å². The van der Waals surface area contributed by atoms with Gasteiger partial charge in [-0.05, 0) is 44.9 Å². The zero-order valence-corrected chi connectivity index (χ0v) is 18.6. The lowest BCUT2D eigenvalue weighted by Gasteiger charge is -2.38. The third-order valence-corrected chi connectivity index (χ3v) is 7.09. The number of rotatable bonds is 7. The second kappa shape index (κ2) is 9.75. The van der Waals surface area contributed by atoms with Crippen LogP contribution in [0.1, 0.15) is 33.1 Å². The Balaban J connectivity index is 1.50. The first-order valence-electron chi connectivity index (χ1n) is 10.2. The zero-order valence-electron chi connectivity index (χ0n) is 17.0. The van der Waals surface area contributed by atoms with E-state index in [1.54, 1.807) is 12.1 Å². The molecule has 3 rings (SSSR count). The van der Waals surface area contributed by atoms with Gasteiger partial charge in [0.05, 0.1) is 17.1 Å². The molecule has 2 aliphatic rings. The Morgan fingerprint density at radius 2 is 2.00 bits per heavy atom. The van der Waals surface area contributed by atoms with Gasteiger partial charge < -0.3 is 9.64 Å². The van der Waals surface area contributed by atoms with E-state index in [2.05, 4.69) is 23.5 Å². The van der Waals surface area contributed by atoms with Gasteiger partial charge >= 0.3 is 0 Å². The highest BCUT2D eigenvalue weighted by molar-refractivity contribution is 7.89. The fourth-order valence-electron chi connectivity index (χ4n) is 4.24. The van der Waals surface area contributed by atoms with E-state index in [1.165, 1.54) is 12.1 Å². The van der Waals surface area contributed by atoms with Gasteiger partial charge in [0.2, 0.25) is 15.9 Å². The van der Waals surface area contributed by atoms with Crippen molar-refractivity contribution in [3.05, 3.63) is 29.3 Å². The van der Waals surface area contributed by atoms with Crippen molar-refractivity contribution in [2.24, 2.45) is 0 Å². The Labute approximate surface area is 178 Å². The standard InChI is InChI=1S/C20H30ClN3O4S/c1-15-12-23(13-16(2)28-15)14-18-6-4-10-24(18)20(25)8-9-22-29(26,27)19-7-3-5-17(21)11-19/h3,5,7,11,15-16,18,22H,4,6,8-10,12-14H2,1-2H3. The quantitative estimate of drug-likeness (QED) is 0.698. The van der Waals surface area contributed by atoms with E-state index in [9.17, 15) is 13.2 Å². The average Bonchev–Trinajstić information content (AvgIpc) is 3.09. The van der Waals surface area contributed by atoms with Crippen LogP contribution in [-0.4, -0.2) is 75.1 Å². The predicted octanol–water partition coefficient (Wildman–Crippen LogP) is 2.11. The SMILES string of the molecule is CC1CN(CC2CCCN2C(=O)CCNS(=O)(=O)c2cccc(Cl)c2)CC(C)O1. The average molecular weight is 444 g/mol. The van der Waals surface area contributed by atoms with Crippen LogP contribution in [-0.2, 0) is 19.6 Å². The summed E-state index contributed by atoms with van der Waals surface area (Å²) in [5, 5.41) is 0.357. The van der Waals surface area contributed by atoms with Crippen LogP contribution in [0.5, 0.6) is 0 Å². The van der Waals surface area contributed by atoms with Gasteiger partial charge in [-0.15, -0.1) is 0 Å². The molecular weight excluding hydrogens is 414 g/mol. The maximum atomic E-state index is 12.7. The molecule has 162 valence electrons. The maximum absolute atomic E-state index is 12.7. The number of morpholine rings is 1. The molecule has 1 N–H and O–H groups in total. The summed E-state index contributed by atoms with van der Waals surface area (Å²) in [6, 6.07) is 6.27. The lowest BCUT2D eigenvalue weighted by molar-refractivity contribution is -0.132. The van der Waals surface area contributed by atoms with Crippen LogP contribution in [0, 0.1) is 0 Å². The van der Waals surface area contributed by atoms with E-state index < -0.39 is 10.0 Å². The number of hydrogen-bond donors (Lipinski definition) is 1. The van der Waals surface area contributed by atoms with Gasteiger partial charge in [0.1, 0.15) is 0 Å². The summed E-state index contributed by atoms with van der Waals surface area (Å²) in [4.78, 5) is 17.1. The smallest absolute Gasteiger partial charge is 0.240 e. The largest absolute Gasteiger partial charge is 0.373 e. The van der Waals surface area contributed by atoms with E-state index in [0.29, 0.717) is 5.02 Å². The number of carbonyl (C=O) groups excluding carboxylic acids is 1. The summed E-state index contributed by atoms with van der Waals surface area (Å²) in [7, 11) is -3.68. The molecule has 9 heteroatoms. The van der Waals surface area contributed by atoms with Gasteiger partial charge in [-0.2, -0.15) is 0 Å². The maximum Gasteiger partial charge on any atom is 0.240 e. The second-order valence-corrected chi connectivity index (χ2v) is 10.2. The van der Waals surface area contributed by atoms with Gasteiger partial charge in [0, 0.05) is 50.2 Å². The predicted molar refractivity (Wildman–Crippen MR) is 112 cm³/mol. The van der Waals surface area contributed by atoms with E-state index in [1.807, 2.05) is 4.90 Å². The first-order chi connectivity index (χ1) is 13.7. The van der Waals surface area contributed by atoms with Gasteiger partial charge in [0.15, 0.2) is 0 Å². The Hall–Kier alpha value is -1.19. The minimum absolute atomic E-state index is 0.00403. The minimum Gasteiger partial charge on any atom is -0.373 e. The number of carbonyl (C=O) groups is 1. The molecule has 1 aromatic rings. The number of amides is 1. The summed E-state index contributed by atoms with van der Waals surface area (Å²) in [5.74, 6) is -0.00403.